The second-order valence-corrected chi connectivity index (χ2v) is 5.23. The van der Waals surface area contributed by atoms with Gasteiger partial charge < -0.3 is 15.2 Å². The number of carbonyl (C=O) groups is 1. The number of benzene rings is 1. The maximum atomic E-state index is 11.3. The first-order valence-electron chi connectivity index (χ1n) is 5.32. The third kappa shape index (κ3) is 2.65. The molecule has 0 radical (unpaired) electrons. The molecule has 1 aliphatic heterocycles. The van der Waals surface area contributed by atoms with E-state index in [-0.39, 0.29) is 34.6 Å². The number of alkyl carbamates (subject to hydrolysis) is 1. The number of aromatic hydroxyl groups is 1. The summed E-state index contributed by atoms with van der Waals surface area (Å²) in [6, 6.07) is 4.78. The van der Waals surface area contributed by atoms with Gasteiger partial charge in [-0.3, -0.25) is 0 Å². The van der Waals surface area contributed by atoms with Gasteiger partial charge in [-0.25, -0.2) is 4.79 Å². The van der Waals surface area contributed by atoms with E-state index in [2.05, 4.69) is 5.32 Å². The second-order valence-electron chi connectivity index (χ2n) is 4.82. The van der Waals surface area contributed by atoms with Crippen LogP contribution in [0.5, 0.6) is 5.75 Å². The van der Waals surface area contributed by atoms with Crippen molar-refractivity contribution in [2.75, 3.05) is 6.61 Å². The highest BCUT2D eigenvalue weighted by molar-refractivity contribution is 6.32. The lowest BCUT2D eigenvalue weighted by molar-refractivity contribution is 0.0381. The normalized spacial score (nSPS) is 21.5. The molecule has 2 rings (SSSR count). The molecule has 1 saturated heterocycles. The number of para-hydroxylation sites is 1. The number of carbonyl (C=O) groups excluding carboxylic acids is 1. The third-order valence-electron chi connectivity index (χ3n) is 2.95. The van der Waals surface area contributed by atoms with Crippen LogP contribution in [-0.4, -0.2) is 17.8 Å². The van der Waals surface area contributed by atoms with E-state index in [0.717, 1.165) is 0 Å². The van der Waals surface area contributed by atoms with Crippen LogP contribution < -0.4 is 5.32 Å². The van der Waals surface area contributed by atoms with E-state index < -0.39 is 6.09 Å². The van der Waals surface area contributed by atoms with Gasteiger partial charge in [-0.2, -0.15) is 0 Å². The number of phenols is 1. The summed E-state index contributed by atoms with van der Waals surface area (Å²) in [5.41, 5.74) is 0.301. The van der Waals surface area contributed by atoms with Crippen molar-refractivity contribution in [3.63, 3.8) is 0 Å². The highest BCUT2D eigenvalue weighted by Gasteiger charge is 2.39. The summed E-state index contributed by atoms with van der Waals surface area (Å²) in [6.07, 6.45) is -0.478. The van der Waals surface area contributed by atoms with Gasteiger partial charge in [0.1, 0.15) is 12.4 Å². The molecule has 18 heavy (non-hydrogen) atoms. The van der Waals surface area contributed by atoms with Crippen LogP contribution in [-0.2, 0) is 4.74 Å². The summed E-state index contributed by atoms with van der Waals surface area (Å²) >= 11 is 5.87. The van der Waals surface area contributed by atoms with E-state index in [1.54, 1.807) is 18.2 Å². The first-order valence-corrected chi connectivity index (χ1v) is 5.70. The van der Waals surface area contributed by atoms with Crippen LogP contribution in [0.1, 0.15) is 25.5 Å². The number of cyclic esters (lactones) is 1. The molecule has 1 aromatic rings. The van der Waals surface area contributed by atoms with E-state index in [1.807, 2.05) is 13.8 Å². The van der Waals surface area contributed by atoms with Gasteiger partial charge in [0.15, 0.2) is 0 Å². The number of hydrogen-bond donors (Lipinski definition) is 2. The van der Waals surface area contributed by atoms with Crippen molar-refractivity contribution in [1.82, 2.24) is 5.32 Å². The average molecular weight is 292 g/mol. The summed E-state index contributed by atoms with van der Waals surface area (Å²) in [5.74, 6) is 0.00874. The minimum Gasteiger partial charge on any atom is -0.506 e. The fraction of sp³-hybridized carbons (Fsp3) is 0.417. The van der Waals surface area contributed by atoms with E-state index in [0.29, 0.717) is 12.2 Å². The Bertz CT molecular complexity index is 463. The SMILES string of the molecule is CC1(C)COC(=O)N[C@H]1c1cccc(Cl)c1O.Cl. The van der Waals surface area contributed by atoms with Crippen molar-refractivity contribution in [3.05, 3.63) is 28.8 Å². The number of hydrogen-bond acceptors (Lipinski definition) is 3. The van der Waals surface area contributed by atoms with Crippen LogP contribution in [0.4, 0.5) is 4.79 Å². The van der Waals surface area contributed by atoms with Crippen molar-refractivity contribution < 1.29 is 14.6 Å². The van der Waals surface area contributed by atoms with Crippen molar-refractivity contribution in [2.24, 2.45) is 5.41 Å². The number of nitrogens with one attached hydrogen (secondary N) is 1. The number of phenolic OH excluding ortho intramolecular Hbond substituents is 1. The van der Waals surface area contributed by atoms with Crippen LogP contribution >= 0.6 is 24.0 Å². The van der Waals surface area contributed by atoms with Crippen LogP contribution in [0.3, 0.4) is 0 Å². The van der Waals surface area contributed by atoms with Crippen LogP contribution in [0, 0.1) is 5.41 Å². The molecule has 0 spiro atoms. The van der Waals surface area contributed by atoms with Crippen LogP contribution in [0.15, 0.2) is 18.2 Å². The lowest BCUT2D eigenvalue weighted by atomic mass is 9.80. The maximum Gasteiger partial charge on any atom is 0.407 e. The molecule has 6 heteroatoms. The van der Waals surface area contributed by atoms with Gasteiger partial charge in [0, 0.05) is 11.0 Å². The van der Waals surface area contributed by atoms with Gasteiger partial charge in [-0.1, -0.05) is 37.6 Å². The standard InChI is InChI=1S/C12H14ClNO3.ClH/c1-12(2)6-17-11(16)14-10(12)7-4-3-5-8(13)9(7)15;/h3-5,10,15H,6H2,1-2H3,(H,14,16);1H/t10-;/m0./s1. The first kappa shape index (κ1) is 14.9. The quantitative estimate of drug-likeness (QED) is 0.835. The zero-order valence-corrected chi connectivity index (χ0v) is 11.6. The molecule has 1 aromatic carbocycles. The predicted octanol–water partition coefficient (Wildman–Crippen LogP) is 3.27. The van der Waals surface area contributed by atoms with E-state index in [9.17, 15) is 9.90 Å². The molecule has 0 unspecified atom stereocenters. The smallest absolute Gasteiger partial charge is 0.407 e. The molecule has 1 aliphatic rings. The van der Waals surface area contributed by atoms with Crippen LogP contribution in [0.2, 0.25) is 5.02 Å². The Hall–Kier alpha value is -1.13. The lowest BCUT2D eigenvalue weighted by Crippen LogP contribution is -2.46. The Morgan fingerprint density at radius 3 is 2.83 bits per heavy atom. The Morgan fingerprint density at radius 1 is 1.50 bits per heavy atom. The van der Waals surface area contributed by atoms with E-state index in [4.69, 9.17) is 16.3 Å². The molecule has 2 N–H and O–H groups in total. The van der Waals surface area contributed by atoms with Gasteiger partial charge in [0.25, 0.3) is 0 Å². The van der Waals surface area contributed by atoms with Crippen molar-refractivity contribution in [2.45, 2.75) is 19.9 Å². The molecular formula is C12H15Cl2NO3. The topological polar surface area (TPSA) is 58.6 Å². The fourth-order valence-electron chi connectivity index (χ4n) is 1.95. The van der Waals surface area contributed by atoms with E-state index >= 15 is 0 Å². The minimum absolute atomic E-state index is 0. The van der Waals surface area contributed by atoms with Gasteiger partial charge in [0.2, 0.25) is 0 Å². The summed E-state index contributed by atoms with van der Waals surface area (Å²) < 4.78 is 4.95. The molecule has 1 amide bonds. The summed E-state index contributed by atoms with van der Waals surface area (Å²) in [5, 5.41) is 12.9. The van der Waals surface area contributed by atoms with Gasteiger partial charge >= 0.3 is 6.09 Å². The monoisotopic (exact) mass is 291 g/mol. The highest BCUT2D eigenvalue weighted by atomic mass is 35.5. The summed E-state index contributed by atoms with van der Waals surface area (Å²) in [7, 11) is 0. The van der Waals surface area contributed by atoms with E-state index in [1.165, 1.54) is 0 Å². The predicted molar refractivity (Wildman–Crippen MR) is 71.4 cm³/mol. The number of ether oxygens (including phenoxy) is 1. The Balaban J connectivity index is 0.00000162. The largest absolute Gasteiger partial charge is 0.506 e. The Labute approximate surface area is 117 Å². The minimum atomic E-state index is -0.478. The molecule has 4 nitrogen and oxygen atoms in total. The molecule has 0 aromatic heterocycles. The third-order valence-corrected chi connectivity index (χ3v) is 3.25. The molecule has 0 saturated carbocycles. The molecule has 100 valence electrons. The molecule has 1 fully saturated rings. The van der Waals surface area contributed by atoms with Gasteiger partial charge in [-0.15, -0.1) is 12.4 Å². The molecule has 0 aliphatic carbocycles. The lowest BCUT2D eigenvalue weighted by Gasteiger charge is -2.38. The maximum absolute atomic E-state index is 11.3. The Kier molecular flexibility index (Phi) is 4.35. The highest BCUT2D eigenvalue weighted by Crippen LogP contribution is 2.41. The fourth-order valence-corrected chi connectivity index (χ4v) is 2.14. The van der Waals surface area contributed by atoms with Crippen LogP contribution in [0.25, 0.3) is 0 Å². The number of halogens is 2. The van der Waals surface area contributed by atoms with Crippen molar-refractivity contribution in [3.8, 4) is 5.75 Å². The molecular weight excluding hydrogens is 277 g/mol. The first-order chi connectivity index (χ1) is 7.92. The average Bonchev–Trinajstić information content (AvgIpc) is 2.26. The van der Waals surface area contributed by atoms with Gasteiger partial charge in [0.05, 0.1) is 11.1 Å². The van der Waals surface area contributed by atoms with Crippen molar-refractivity contribution >= 4 is 30.1 Å². The van der Waals surface area contributed by atoms with Crippen molar-refractivity contribution in [1.29, 1.82) is 0 Å². The Morgan fingerprint density at radius 2 is 2.17 bits per heavy atom. The zero-order chi connectivity index (χ0) is 12.6. The summed E-state index contributed by atoms with van der Waals surface area (Å²) in [4.78, 5) is 11.3. The molecule has 1 atom stereocenters. The number of rotatable bonds is 1. The zero-order valence-electron chi connectivity index (χ0n) is 10.1. The molecule has 0 bridgehead atoms. The second kappa shape index (κ2) is 5.24. The van der Waals surface area contributed by atoms with Gasteiger partial charge in [-0.05, 0) is 6.07 Å². The molecule has 1 heterocycles. The number of amides is 1. The summed E-state index contributed by atoms with van der Waals surface area (Å²) in [6.45, 7) is 4.21.